The molecule has 2 heterocycles. The first-order valence-corrected chi connectivity index (χ1v) is 11.9. The van der Waals surface area contributed by atoms with Crippen molar-refractivity contribution in [2.24, 2.45) is 5.92 Å². The Labute approximate surface area is 187 Å². The highest BCUT2D eigenvalue weighted by Crippen LogP contribution is 2.49. The average Bonchev–Trinajstić information content (AvgIpc) is 3.27. The molecular weight excluding hydrogens is 410 g/mol. The van der Waals surface area contributed by atoms with Crippen molar-refractivity contribution in [1.82, 2.24) is 5.32 Å². The second kappa shape index (κ2) is 8.55. The van der Waals surface area contributed by atoms with Gasteiger partial charge in [0.15, 0.2) is 0 Å². The predicted octanol–water partition coefficient (Wildman–Crippen LogP) is 3.83. The van der Waals surface area contributed by atoms with E-state index in [9.17, 15) is 9.59 Å². The molecule has 3 N–H and O–H groups in total. The summed E-state index contributed by atoms with van der Waals surface area (Å²) < 4.78 is 5.20. The third kappa shape index (κ3) is 3.81. The molecule has 0 saturated carbocycles. The molecule has 0 unspecified atom stereocenters. The van der Waals surface area contributed by atoms with E-state index in [2.05, 4.69) is 28.3 Å². The van der Waals surface area contributed by atoms with Gasteiger partial charge in [0.1, 0.15) is 11.3 Å². The van der Waals surface area contributed by atoms with Crippen molar-refractivity contribution in [2.75, 3.05) is 29.8 Å². The van der Waals surface area contributed by atoms with Crippen molar-refractivity contribution in [3.8, 4) is 5.75 Å². The van der Waals surface area contributed by atoms with E-state index in [1.165, 1.54) is 0 Å². The highest BCUT2D eigenvalue weighted by atomic mass is 32.2. The Bertz CT molecular complexity index is 1010. The first-order chi connectivity index (χ1) is 14.9. The molecule has 1 saturated heterocycles. The number of fused-ring (bicyclic) bond motifs is 2. The van der Waals surface area contributed by atoms with Crippen LogP contribution in [0.1, 0.15) is 29.5 Å². The number of aryl methyl sites for hydroxylation is 2. The van der Waals surface area contributed by atoms with Gasteiger partial charge in [-0.1, -0.05) is 17.7 Å². The normalized spacial score (nSPS) is 24.2. The number of nitrogens with one attached hydrogen (secondary N) is 3. The van der Waals surface area contributed by atoms with E-state index in [1.807, 2.05) is 44.2 Å². The number of thioether (sulfide) groups is 1. The molecule has 31 heavy (non-hydrogen) atoms. The molecule has 0 bridgehead atoms. The van der Waals surface area contributed by atoms with Gasteiger partial charge in [-0.15, -0.1) is 0 Å². The molecule has 2 aliphatic heterocycles. The van der Waals surface area contributed by atoms with Crippen LogP contribution in [-0.2, 0) is 15.1 Å². The number of anilines is 2. The minimum Gasteiger partial charge on any atom is -0.497 e. The Morgan fingerprint density at radius 1 is 1.26 bits per heavy atom. The maximum absolute atomic E-state index is 13.5. The monoisotopic (exact) mass is 439 g/mol. The molecule has 4 rings (SSSR count). The Hall–Kier alpha value is -2.51. The van der Waals surface area contributed by atoms with Gasteiger partial charge in [0.05, 0.1) is 13.0 Å². The van der Waals surface area contributed by atoms with Gasteiger partial charge in [0.25, 0.3) is 0 Å². The molecule has 3 atom stereocenters. The summed E-state index contributed by atoms with van der Waals surface area (Å²) in [4.78, 5) is 26.9. The Morgan fingerprint density at radius 2 is 2.00 bits per heavy atom. The molecule has 6 nitrogen and oxygen atoms in total. The first kappa shape index (κ1) is 21.7. The number of methoxy groups -OCH3 is 1. The van der Waals surface area contributed by atoms with Crippen LogP contribution in [0.3, 0.4) is 0 Å². The molecule has 2 aromatic carbocycles. The van der Waals surface area contributed by atoms with Crippen LogP contribution in [0.5, 0.6) is 5.75 Å². The van der Waals surface area contributed by atoms with Crippen LogP contribution in [0.4, 0.5) is 11.4 Å². The molecule has 2 aliphatic rings. The third-order valence-electron chi connectivity index (χ3n) is 6.32. The number of benzene rings is 2. The maximum atomic E-state index is 13.5. The summed E-state index contributed by atoms with van der Waals surface area (Å²) in [6, 6.07) is 11.4. The van der Waals surface area contributed by atoms with Crippen molar-refractivity contribution >= 4 is 35.0 Å². The summed E-state index contributed by atoms with van der Waals surface area (Å²) in [7, 11) is 1.61. The lowest BCUT2D eigenvalue weighted by Gasteiger charge is -2.29. The van der Waals surface area contributed by atoms with Gasteiger partial charge in [0, 0.05) is 23.0 Å². The van der Waals surface area contributed by atoms with E-state index < -0.39 is 11.5 Å². The minimum atomic E-state index is -1.05. The van der Waals surface area contributed by atoms with E-state index >= 15 is 0 Å². The quantitative estimate of drug-likeness (QED) is 0.638. The third-order valence-corrected chi connectivity index (χ3v) is 6.96. The fourth-order valence-corrected chi connectivity index (χ4v) is 5.39. The van der Waals surface area contributed by atoms with Crippen LogP contribution in [0.15, 0.2) is 36.4 Å². The lowest BCUT2D eigenvalue weighted by molar-refractivity contribution is -0.130. The number of carbonyl (C=O) groups is 2. The van der Waals surface area contributed by atoms with Gasteiger partial charge in [-0.2, -0.15) is 11.8 Å². The van der Waals surface area contributed by atoms with E-state index in [4.69, 9.17) is 4.74 Å². The van der Waals surface area contributed by atoms with Crippen molar-refractivity contribution in [2.45, 2.75) is 38.3 Å². The van der Waals surface area contributed by atoms with Gasteiger partial charge < -0.3 is 15.4 Å². The fraction of sp³-hybridized carbons (Fsp3) is 0.417. The SMILES string of the molecule is COc1ccc(NC(=O)[C@H]2C[C@H](CCSC)N[C@@]23C(=O)Nc2c(C)cc(C)cc23)cc1. The predicted molar refractivity (Wildman–Crippen MR) is 126 cm³/mol. The number of hydrogen-bond donors (Lipinski definition) is 3. The largest absolute Gasteiger partial charge is 0.497 e. The van der Waals surface area contributed by atoms with Crippen molar-refractivity contribution in [1.29, 1.82) is 0 Å². The lowest BCUT2D eigenvalue weighted by Crippen LogP contribution is -2.52. The summed E-state index contributed by atoms with van der Waals surface area (Å²) in [5.41, 5.74) is 3.45. The number of rotatable bonds is 6. The fourth-order valence-electron chi connectivity index (χ4n) is 4.87. The molecule has 164 valence electrons. The van der Waals surface area contributed by atoms with E-state index in [-0.39, 0.29) is 17.9 Å². The summed E-state index contributed by atoms with van der Waals surface area (Å²) in [6.45, 7) is 4.02. The molecule has 2 aromatic rings. The van der Waals surface area contributed by atoms with Gasteiger partial charge in [0.2, 0.25) is 11.8 Å². The zero-order chi connectivity index (χ0) is 22.2. The van der Waals surface area contributed by atoms with Crippen LogP contribution in [0.2, 0.25) is 0 Å². The van der Waals surface area contributed by atoms with Crippen LogP contribution in [0.25, 0.3) is 0 Å². The number of hydrogen-bond acceptors (Lipinski definition) is 5. The molecule has 0 aromatic heterocycles. The van der Waals surface area contributed by atoms with Crippen LogP contribution in [0, 0.1) is 19.8 Å². The summed E-state index contributed by atoms with van der Waals surface area (Å²) in [5, 5.41) is 9.68. The van der Waals surface area contributed by atoms with Crippen molar-refractivity contribution in [3.05, 3.63) is 53.1 Å². The van der Waals surface area contributed by atoms with Crippen LogP contribution in [-0.4, -0.2) is 37.0 Å². The topological polar surface area (TPSA) is 79.5 Å². The molecule has 2 amide bonds. The number of ether oxygens (including phenoxy) is 1. The molecule has 0 radical (unpaired) electrons. The molecule has 1 spiro atoms. The number of carbonyl (C=O) groups excluding carboxylic acids is 2. The Morgan fingerprint density at radius 3 is 2.68 bits per heavy atom. The molecule has 0 aliphatic carbocycles. The maximum Gasteiger partial charge on any atom is 0.250 e. The van der Waals surface area contributed by atoms with E-state index in [0.717, 1.165) is 40.3 Å². The highest BCUT2D eigenvalue weighted by molar-refractivity contribution is 7.98. The van der Waals surface area contributed by atoms with Gasteiger partial charge in [-0.25, -0.2) is 0 Å². The smallest absolute Gasteiger partial charge is 0.250 e. The molecule has 1 fully saturated rings. The van der Waals surface area contributed by atoms with Gasteiger partial charge in [-0.05, 0) is 68.5 Å². The van der Waals surface area contributed by atoms with Gasteiger partial charge >= 0.3 is 0 Å². The van der Waals surface area contributed by atoms with Crippen molar-refractivity contribution < 1.29 is 14.3 Å². The Kier molecular flexibility index (Phi) is 5.99. The van der Waals surface area contributed by atoms with Crippen molar-refractivity contribution in [3.63, 3.8) is 0 Å². The minimum absolute atomic E-state index is 0.0941. The molecule has 7 heteroatoms. The summed E-state index contributed by atoms with van der Waals surface area (Å²) >= 11 is 1.77. The zero-order valence-electron chi connectivity index (χ0n) is 18.4. The average molecular weight is 440 g/mol. The Balaban J connectivity index is 1.71. The van der Waals surface area contributed by atoms with Crippen LogP contribution >= 0.6 is 11.8 Å². The molecular formula is C24H29N3O3S. The number of amides is 2. The second-order valence-corrected chi connectivity index (χ2v) is 9.38. The standard InChI is InChI=1S/C24H29N3O3S/c1-14-11-15(2)21-19(12-14)24(23(29)26-21)20(13-17(27-24)9-10-31-4)22(28)25-16-5-7-18(30-3)8-6-16/h5-8,11-12,17,20,27H,9-10,13H2,1-4H3,(H,25,28)(H,26,29)/t17-,20+,24+/m0/s1. The summed E-state index contributed by atoms with van der Waals surface area (Å²) in [5.74, 6) is 0.902. The van der Waals surface area contributed by atoms with E-state index in [1.54, 1.807) is 18.9 Å². The first-order valence-electron chi connectivity index (χ1n) is 10.5. The zero-order valence-corrected chi connectivity index (χ0v) is 19.2. The second-order valence-electron chi connectivity index (χ2n) is 8.40. The van der Waals surface area contributed by atoms with E-state index in [0.29, 0.717) is 12.1 Å². The highest BCUT2D eigenvalue weighted by Gasteiger charge is 2.60. The van der Waals surface area contributed by atoms with Crippen LogP contribution < -0.4 is 20.7 Å². The lowest BCUT2D eigenvalue weighted by atomic mass is 9.78. The van der Waals surface area contributed by atoms with Gasteiger partial charge in [-0.3, -0.25) is 14.9 Å². The summed E-state index contributed by atoms with van der Waals surface area (Å²) in [6.07, 6.45) is 3.59.